The van der Waals surface area contributed by atoms with Gasteiger partial charge in [0.15, 0.2) is 5.78 Å². The number of ketones is 1. The Labute approximate surface area is 120 Å². The predicted octanol–water partition coefficient (Wildman–Crippen LogP) is 4.25. The van der Waals surface area contributed by atoms with E-state index in [0.29, 0.717) is 21.4 Å². The molecule has 0 spiro atoms. The summed E-state index contributed by atoms with van der Waals surface area (Å²) in [5.41, 5.74) is 0.707. The van der Waals surface area contributed by atoms with Crippen molar-refractivity contribution >= 4 is 34.4 Å². The fourth-order valence-corrected chi connectivity index (χ4v) is 2.75. The number of thiophene rings is 1. The van der Waals surface area contributed by atoms with Crippen molar-refractivity contribution in [3.63, 3.8) is 0 Å². The van der Waals surface area contributed by atoms with Gasteiger partial charge in [-0.1, -0.05) is 17.7 Å². The SMILES string of the molecule is CCN(CC(=O)c1ccc(Cl)s1)c1cccc(F)c1. The van der Waals surface area contributed by atoms with Gasteiger partial charge in [0.1, 0.15) is 5.82 Å². The minimum atomic E-state index is -0.303. The lowest BCUT2D eigenvalue weighted by Crippen LogP contribution is -2.29. The zero-order chi connectivity index (χ0) is 13.8. The molecule has 0 saturated carbocycles. The van der Waals surface area contributed by atoms with Gasteiger partial charge in [-0.3, -0.25) is 4.79 Å². The lowest BCUT2D eigenvalue weighted by molar-refractivity contribution is 0.100. The zero-order valence-electron chi connectivity index (χ0n) is 10.4. The topological polar surface area (TPSA) is 20.3 Å². The molecular formula is C14H13ClFNOS. The van der Waals surface area contributed by atoms with Crippen LogP contribution in [0.3, 0.4) is 0 Å². The Morgan fingerprint density at radius 1 is 1.37 bits per heavy atom. The van der Waals surface area contributed by atoms with Crippen LogP contribution in [0, 0.1) is 5.82 Å². The highest BCUT2D eigenvalue weighted by atomic mass is 35.5. The molecule has 1 aromatic carbocycles. The summed E-state index contributed by atoms with van der Waals surface area (Å²) in [5.74, 6) is -0.314. The van der Waals surface area contributed by atoms with Crippen molar-refractivity contribution in [2.24, 2.45) is 0 Å². The van der Waals surface area contributed by atoms with Crippen LogP contribution >= 0.6 is 22.9 Å². The van der Waals surface area contributed by atoms with Crippen molar-refractivity contribution in [3.05, 3.63) is 51.4 Å². The van der Waals surface area contributed by atoms with E-state index in [2.05, 4.69) is 0 Å². The van der Waals surface area contributed by atoms with Crippen LogP contribution < -0.4 is 4.90 Å². The van der Waals surface area contributed by atoms with Crippen molar-refractivity contribution in [2.75, 3.05) is 18.0 Å². The number of likely N-dealkylation sites (N-methyl/N-ethyl adjacent to an activating group) is 1. The molecule has 0 aliphatic heterocycles. The first-order valence-electron chi connectivity index (χ1n) is 5.89. The van der Waals surface area contributed by atoms with Gasteiger partial charge in [0.25, 0.3) is 0 Å². The Hall–Kier alpha value is -1.39. The van der Waals surface area contributed by atoms with E-state index in [1.807, 2.05) is 11.8 Å². The second-order valence-electron chi connectivity index (χ2n) is 4.02. The molecule has 100 valence electrons. The normalized spacial score (nSPS) is 10.5. The van der Waals surface area contributed by atoms with Crippen molar-refractivity contribution < 1.29 is 9.18 Å². The Morgan fingerprint density at radius 3 is 2.74 bits per heavy atom. The summed E-state index contributed by atoms with van der Waals surface area (Å²) in [6.45, 7) is 2.78. The van der Waals surface area contributed by atoms with Gasteiger partial charge in [-0.25, -0.2) is 4.39 Å². The monoisotopic (exact) mass is 297 g/mol. The molecule has 5 heteroatoms. The molecule has 0 fully saturated rings. The summed E-state index contributed by atoms with van der Waals surface area (Å²) in [5, 5.41) is 0. The summed E-state index contributed by atoms with van der Waals surface area (Å²) >= 11 is 7.08. The van der Waals surface area contributed by atoms with Gasteiger partial charge in [-0.2, -0.15) is 0 Å². The average Bonchev–Trinajstić information content (AvgIpc) is 2.82. The summed E-state index contributed by atoms with van der Waals surface area (Å²) in [6.07, 6.45) is 0. The molecule has 2 rings (SSSR count). The van der Waals surface area contributed by atoms with E-state index in [4.69, 9.17) is 11.6 Å². The number of benzene rings is 1. The second-order valence-corrected chi connectivity index (χ2v) is 5.74. The van der Waals surface area contributed by atoms with Crippen LogP contribution in [0.15, 0.2) is 36.4 Å². The number of hydrogen-bond donors (Lipinski definition) is 0. The number of nitrogens with zero attached hydrogens (tertiary/aromatic N) is 1. The quantitative estimate of drug-likeness (QED) is 0.769. The molecule has 1 aromatic heterocycles. The van der Waals surface area contributed by atoms with Gasteiger partial charge in [0, 0.05) is 12.2 Å². The third-order valence-electron chi connectivity index (χ3n) is 2.74. The Kier molecular flexibility index (Phi) is 4.56. The highest BCUT2D eigenvalue weighted by Crippen LogP contribution is 2.23. The Balaban J connectivity index is 2.13. The van der Waals surface area contributed by atoms with E-state index in [-0.39, 0.29) is 18.1 Å². The molecule has 0 atom stereocenters. The fourth-order valence-electron chi connectivity index (χ4n) is 1.77. The first-order valence-corrected chi connectivity index (χ1v) is 7.08. The van der Waals surface area contributed by atoms with Crippen molar-refractivity contribution in [2.45, 2.75) is 6.92 Å². The van der Waals surface area contributed by atoms with Crippen LogP contribution in [0.25, 0.3) is 0 Å². The number of carbonyl (C=O) groups is 1. The van der Waals surface area contributed by atoms with Crippen molar-refractivity contribution in [1.29, 1.82) is 0 Å². The van der Waals surface area contributed by atoms with Crippen LogP contribution in [0.1, 0.15) is 16.6 Å². The number of hydrogen-bond acceptors (Lipinski definition) is 3. The van der Waals surface area contributed by atoms with E-state index < -0.39 is 0 Å². The van der Waals surface area contributed by atoms with E-state index in [1.54, 1.807) is 24.3 Å². The Bertz CT molecular complexity index is 584. The number of rotatable bonds is 5. The molecule has 0 saturated heterocycles. The van der Waals surface area contributed by atoms with Crippen LogP contribution in [0.5, 0.6) is 0 Å². The van der Waals surface area contributed by atoms with E-state index in [0.717, 1.165) is 0 Å². The third-order valence-corrected chi connectivity index (χ3v) is 4.01. The van der Waals surface area contributed by atoms with E-state index >= 15 is 0 Å². The minimum absolute atomic E-state index is 0.0111. The summed E-state index contributed by atoms with van der Waals surface area (Å²) in [4.78, 5) is 14.6. The third kappa shape index (κ3) is 3.55. The van der Waals surface area contributed by atoms with E-state index in [1.165, 1.54) is 23.5 Å². The zero-order valence-corrected chi connectivity index (χ0v) is 12.0. The van der Waals surface area contributed by atoms with Crippen LogP contribution in [-0.2, 0) is 0 Å². The number of halogens is 2. The van der Waals surface area contributed by atoms with Gasteiger partial charge >= 0.3 is 0 Å². The maximum Gasteiger partial charge on any atom is 0.192 e. The minimum Gasteiger partial charge on any atom is -0.364 e. The molecule has 0 unspecified atom stereocenters. The standard InChI is InChI=1S/C14H13ClFNOS/c1-2-17(11-5-3-4-10(16)8-11)9-12(18)13-6-7-14(15)19-13/h3-8H,2,9H2,1H3. The molecule has 0 bridgehead atoms. The van der Waals surface area contributed by atoms with Gasteiger partial charge in [0.2, 0.25) is 0 Å². The lowest BCUT2D eigenvalue weighted by Gasteiger charge is -2.21. The largest absolute Gasteiger partial charge is 0.364 e. The van der Waals surface area contributed by atoms with Gasteiger partial charge in [0.05, 0.1) is 15.8 Å². The maximum absolute atomic E-state index is 13.2. The average molecular weight is 298 g/mol. The predicted molar refractivity (Wildman–Crippen MR) is 77.9 cm³/mol. The Morgan fingerprint density at radius 2 is 2.16 bits per heavy atom. The molecule has 0 aliphatic carbocycles. The highest BCUT2D eigenvalue weighted by molar-refractivity contribution is 7.18. The molecule has 1 heterocycles. The lowest BCUT2D eigenvalue weighted by atomic mass is 10.2. The second kappa shape index (κ2) is 6.17. The molecule has 2 nitrogen and oxygen atoms in total. The van der Waals surface area contributed by atoms with Crippen LogP contribution in [0.4, 0.5) is 10.1 Å². The fraction of sp³-hybridized carbons (Fsp3) is 0.214. The number of Topliss-reactive ketones (excluding diaryl/α,β-unsaturated/α-hetero) is 1. The van der Waals surface area contributed by atoms with Gasteiger partial charge in [-0.15, -0.1) is 11.3 Å². The molecule has 0 aliphatic rings. The molecular weight excluding hydrogens is 285 g/mol. The first kappa shape index (κ1) is 14.0. The van der Waals surface area contributed by atoms with Gasteiger partial charge in [-0.05, 0) is 37.3 Å². The van der Waals surface area contributed by atoms with Crippen molar-refractivity contribution in [1.82, 2.24) is 0 Å². The first-order chi connectivity index (χ1) is 9.10. The molecule has 0 radical (unpaired) electrons. The van der Waals surface area contributed by atoms with Crippen LogP contribution in [0.2, 0.25) is 4.34 Å². The molecule has 0 amide bonds. The summed E-state index contributed by atoms with van der Waals surface area (Å²) in [6, 6.07) is 9.67. The highest BCUT2D eigenvalue weighted by Gasteiger charge is 2.14. The van der Waals surface area contributed by atoms with Crippen LogP contribution in [-0.4, -0.2) is 18.9 Å². The molecule has 0 N–H and O–H groups in total. The van der Waals surface area contributed by atoms with Crippen molar-refractivity contribution in [3.8, 4) is 0 Å². The molecule has 19 heavy (non-hydrogen) atoms. The molecule has 2 aromatic rings. The maximum atomic E-state index is 13.2. The summed E-state index contributed by atoms with van der Waals surface area (Å²) < 4.78 is 13.8. The summed E-state index contributed by atoms with van der Waals surface area (Å²) in [7, 11) is 0. The number of carbonyl (C=O) groups excluding carboxylic acids is 1. The van der Waals surface area contributed by atoms with E-state index in [9.17, 15) is 9.18 Å². The number of anilines is 1. The smallest absolute Gasteiger partial charge is 0.192 e. The van der Waals surface area contributed by atoms with Gasteiger partial charge < -0.3 is 4.90 Å².